The van der Waals surface area contributed by atoms with E-state index in [1.54, 1.807) is 11.3 Å². The summed E-state index contributed by atoms with van der Waals surface area (Å²) in [6.07, 6.45) is 0. The van der Waals surface area contributed by atoms with Gasteiger partial charge < -0.3 is 4.98 Å². The van der Waals surface area contributed by atoms with Gasteiger partial charge in [-0.05, 0) is 43.1 Å². The monoisotopic (exact) mass is 415 g/mol. The highest BCUT2D eigenvalue weighted by atomic mass is 35.5. The molecule has 3 heterocycles. The number of fused-ring (bicyclic) bond motifs is 1. The van der Waals surface area contributed by atoms with E-state index in [1.165, 1.54) is 11.3 Å². The first-order valence-corrected chi connectivity index (χ1v) is 10.7. The van der Waals surface area contributed by atoms with Gasteiger partial charge in [-0.25, -0.2) is 4.98 Å². The molecule has 0 aliphatic rings. The number of hydrogen-bond acceptors (Lipinski definition) is 5. The minimum atomic E-state index is -0.0809. The second-order valence-corrected chi connectivity index (χ2v) is 8.72. The Hall–Kier alpha value is -1.99. The van der Waals surface area contributed by atoms with E-state index in [2.05, 4.69) is 9.88 Å². The van der Waals surface area contributed by atoms with E-state index in [-0.39, 0.29) is 11.6 Å². The lowest BCUT2D eigenvalue weighted by atomic mass is 10.1. The third kappa shape index (κ3) is 3.71. The van der Waals surface area contributed by atoms with Crippen LogP contribution in [0.1, 0.15) is 24.4 Å². The summed E-state index contributed by atoms with van der Waals surface area (Å²) in [6.45, 7) is 2.76. The fourth-order valence-corrected chi connectivity index (χ4v) is 5.03. The summed E-state index contributed by atoms with van der Waals surface area (Å²) in [6, 6.07) is 11.8. The number of thiophene rings is 2. The number of rotatable bonds is 5. The van der Waals surface area contributed by atoms with Crippen LogP contribution in [0.2, 0.25) is 5.02 Å². The largest absolute Gasteiger partial charge is 0.309 e. The summed E-state index contributed by atoms with van der Waals surface area (Å²) in [5, 5.41) is 5.43. The Morgan fingerprint density at radius 3 is 2.85 bits per heavy atom. The van der Waals surface area contributed by atoms with Crippen molar-refractivity contribution in [1.29, 1.82) is 0 Å². The summed E-state index contributed by atoms with van der Waals surface area (Å²) in [4.78, 5) is 24.5. The molecule has 0 unspecified atom stereocenters. The van der Waals surface area contributed by atoms with Crippen molar-refractivity contribution in [1.82, 2.24) is 14.9 Å². The molecule has 4 rings (SSSR count). The number of H-pyrrole nitrogens is 1. The summed E-state index contributed by atoms with van der Waals surface area (Å²) in [7, 11) is 2.02. The Labute approximate surface area is 170 Å². The molecule has 0 spiro atoms. The molecule has 1 N–H and O–H groups in total. The van der Waals surface area contributed by atoms with Crippen molar-refractivity contribution in [2.75, 3.05) is 7.05 Å². The molecule has 1 atom stereocenters. The summed E-state index contributed by atoms with van der Waals surface area (Å²) in [5.74, 6) is 0.677. The number of halogens is 1. The Morgan fingerprint density at radius 1 is 1.26 bits per heavy atom. The standard InChI is InChI=1S/C20H18ClN3OS2/c1-12(24(2)10-13-5-3-6-14(21)9-13)18-22-19(25)17-15(11-27-20(17)23-18)16-7-4-8-26-16/h3-9,11-12H,10H2,1-2H3,(H,22,23,25)/t12-/m0/s1. The third-order valence-corrected chi connectivity index (χ3v) is 6.64. The molecule has 1 aromatic carbocycles. The number of nitrogens with zero attached hydrogens (tertiary/aromatic N) is 2. The molecule has 0 fully saturated rings. The van der Waals surface area contributed by atoms with Gasteiger partial charge in [-0.15, -0.1) is 22.7 Å². The molecule has 4 aromatic rings. The molecule has 138 valence electrons. The molecular formula is C20H18ClN3OS2. The molecule has 0 aliphatic heterocycles. The average Bonchev–Trinajstić information content (AvgIpc) is 3.30. The van der Waals surface area contributed by atoms with Crippen molar-refractivity contribution >= 4 is 44.5 Å². The quantitative estimate of drug-likeness (QED) is 0.464. The first-order chi connectivity index (χ1) is 13.0. The van der Waals surface area contributed by atoms with E-state index in [9.17, 15) is 4.79 Å². The van der Waals surface area contributed by atoms with Gasteiger partial charge in [-0.2, -0.15) is 0 Å². The zero-order valence-electron chi connectivity index (χ0n) is 14.9. The zero-order valence-corrected chi connectivity index (χ0v) is 17.3. The molecule has 0 bridgehead atoms. The zero-order chi connectivity index (χ0) is 19.0. The van der Waals surface area contributed by atoms with Gasteiger partial charge in [0, 0.05) is 27.4 Å². The SMILES string of the molecule is C[C@@H](c1nc2scc(-c3cccs3)c2c(=O)[nH]1)N(C)Cc1cccc(Cl)c1. The van der Waals surface area contributed by atoms with Crippen LogP contribution in [0.25, 0.3) is 20.7 Å². The van der Waals surface area contributed by atoms with Gasteiger partial charge in [0.05, 0.1) is 11.4 Å². The molecule has 27 heavy (non-hydrogen) atoms. The van der Waals surface area contributed by atoms with Crippen LogP contribution >= 0.6 is 34.3 Å². The highest BCUT2D eigenvalue weighted by molar-refractivity contribution is 7.18. The van der Waals surface area contributed by atoms with E-state index in [4.69, 9.17) is 16.6 Å². The smallest absolute Gasteiger partial charge is 0.260 e. The van der Waals surface area contributed by atoms with E-state index in [0.29, 0.717) is 17.8 Å². The Morgan fingerprint density at radius 2 is 2.11 bits per heavy atom. The van der Waals surface area contributed by atoms with Crippen LogP contribution in [0.4, 0.5) is 0 Å². The number of benzene rings is 1. The van der Waals surface area contributed by atoms with E-state index in [1.807, 2.05) is 61.1 Å². The molecule has 4 nitrogen and oxygen atoms in total. The van der Waals surface area contributed by atoms with Gasteiger partial charge in [-0.1, -0.05) is 29.8 Å². The fraction of sp³-hybridized carbons (Fsp3) is 0.200. The minimum Gasteiger partial charge on any atom is -0.309 e. The molecule has 0 radical (unpaired) electrons. The fourth-order valence-electron chi connectivity index (χ4n) is 3.05. The molecule has 0 saturated carbocycles. The molecule has 7 heteroatoms. The molecule has 0 amide bonds. The summed E-state index contributed by atoms with van der Waals surface area (Å²) < 4.78 is 0. The second-order valence-electron chi connectivity index (χ2n) is 6.48. The van der Waals surface area contributed by atoms with Crippen LogP contribution in [-0.2, 0) is 6.54 Å². The van der Waals surface area contributed by atoms with Crippen LogP contribution in [0.15, 0.2) is 52.0 Å². The van der Waals surface area contributed by atoms with Crippen molar-refractivity contribution in [3.8, 4) is 10.4 Å². The lowest BCUT2D eigenvalue weighted by Gasteiger charge is -2.24. The van der Waals surface area contributed by atoms with Crippen LogP contribution in [0.5, 0.6) is 0 Å². The van der Waals surface area contributed by atoms with Crippen molar-refractivity contribution in [2.45, 2.75) is 19.5 Å². The number of aromatic nitrogens is 2. The predicted octanol–water partition coefficient (Wildman–Crippen LogP) is 5.56. The lowest BCUT2D eigenvalue weighted by Crippen LogP contribution is -2.25. The predicted molar refractivity (Wildman–Crippen MR) is 115 cm³/mol. The van der Waals surface area contributed by atoms with Gasteiger partial charge in [0.25, 0.3) is 5.56 Å². The van der Waals surface area contributed by atoms with E-state index < -0.39 is 0 Å². The van der Waals surface area contributed by atoms with Crippen LogP contribution in [-0.4, -0.2) is 21.9 Å². The normalized spacial score (nSPS) is 12.7. The minimum absolute atomic E-state index is 0.0339. The first kappa shape index (κ1) is 18.4. The van der Waals surface area contributed by atoms with Crippen LogP contribution in [0.3, 0.4) is 0 Å². The topological polar surface area (TPSA) is 49.0 Å². The van der Waals surface area contributed by atoms with Gasteiger partial charge >= 0.3 is 0 Å². The van der Waals surface area contributed by atoms with Crippen LogP contribution < -0.4 is 5.56 Å². The number of hydrogen-bond donors (Lipinski definition) is 1. The van der Waals surface area contributed by atoms with E-state index in [0.717, 1.165) is 25.9 Å². The Bertz CT molecular complexity index is 1130. The summed E-state index contributed by atoms with van der Waals surface area (Å²) >= 11 is 9.22. The highest BCUT2D eigenvalue weighted by Gasteiger charge is 2.19. The van der Waals surface area contributed by atoms with Gasteiger partial charge in [0.15, 0.2) is 0 Å². The molecule has 3 aromatic heterocycles. The van der Waals surface area contributed by atoms with Crippen molar-refractivity contribution in [3.05, 3.63) is 73.9 Å². The third-order valence-electron chi connectivity index (χ3n) is 4.63. The Kier molecular flexibility index (Phi) is 5.14. The number of nitrogens with one attached hydrogen (secondary N) is 1. The first-order valence-electron chi connectivity index (χ1n) is 8.53. The van der Waals surface area contributed by atoms with Crippen molar-refractivity contribution in [3.63, 3.8) is 0 Å². The maximum atomic E-state index is 12.8. The van der Waals surface area contributed by atoms with E-state index >= 15 is 0 Å². The second kappa shape index (κ2) is 7.56. The molecule has 0 aliphatic carbocycles. The highest BCUT2D eigenvalue weighted by Crippen LogP contribution is 2.34. The maximum Gasteiger partial charge on any atom is 0.260 e. The summed E-state index contributed by atoms with van der Waals surface area (Å²) in [5.41, 5.74) is 2.00. The maximum absolute atomic E-state index is 12.8. The van der Waals surface area contributed by atoms with Crippen LogP contribution in [0, 0.1) is 0 Å². The van der Waals surface area contributed by atoms with Crippen molar-refractivity contribution < 1.29 is 0 Å². The average molecular weight is 416 g/mol. The van der Waals surface area contributed by atoms with Gasteiger partial charge in [0.2, 0.25) is 0 Å². The van der Waals surface area contributed by atoms with Crippen molar-refractivity contribution in [2.24, 2.45) is 0 Å². The molecular weight excluding hydrogens is 398 g/mol. The lowest BCUT2D eigenvalue weighted by molar-refractivity contribution is 0.244. The van der Waals surface area contributed by atoms with Gasteiger partial charge in [0.1, 0.15) is 10.7 Å². The number of aromatic amines is 1. The molecule has 0 saturated heterocycles. The Balaban J connectivity index is 1.64. The van der Waals surface area contributed by atoms with Gasteiger partial charge in [-0.3, -0.25) is 9.69 Å².